The van der Waals surface area contributed by atoms with Crippen molar-refractivity contribution >= 4 is 16.8 Å². The highest BCUT2D eigenvalue weighted by Gasteiger charge is 2.11. The van der Waals surface area contributed by atoms with Gasteiger partial charge in [-0.3, -0.25) is 4.79 Å². The van der Waals surface area contributed by atoms with Crippen LogP contribution in [0, 0.1) is 0 Å². The number of amides is 1. The van der Waals surface area contributed by atoms with Crippen LogP contribution in [0.3, 0.4) is 0 Å². The topological polar surface area (TPSA) is 51.2 Å². The lowest BCUT2D eigenvalue weighted by atomic mass is 10.1. The quantitative estimate of drug-likeness (QED) is 0.822. The Hall–Kier alpha value is -2.10. The first-order chi connectivity index (χ1) is 9.76. The zero-order valence-corrected chi connectivity index (χ0v) is 12.0. The van der Waals surface area contributed by atoms with E-state index in [0.717, 1.165) is 30.2 Å². The van der Waals surface area contributed by atoms with Gasteiger partial charge in [-0.1, -0.05) is 31.9 Å². The van der Waals surface area contributed by atoms with Gasteiger partial charge in [-0.15, -0.1) is 0 Å². The number of hydrogen-bond acceptors (Lipinski definition) is 3. The third-order valence-corrected chi connectivity index (χ3v) is 3.20. The van der Waals surface area contributed by atoms with Crippen LogP contribution in [0.5, 0.6) is 5.75 Å². The fourth-order valence-corrected chi connectivity index (χ4v) is 2.10. The van der Waals surface area contributed by atoms with Crippen LogP contribution in [0.2, 0.25) is 0 Å². The first-order valence-corrected chi connectivity index (χ1v) is 6.98. The predicted octanol–water partition coefficient (Wildman–Crippen LogP) is 3.16. The van der Waals surface area contributed by atoms with Gasteiger partial charge in [0.05, 0.1) is 12.6 Å². The van der Waals surface area contributed by atoms with Crippen LogP contribution in [0.4, 0.5) is 0 Å². The first kappa shape index (κ1) is 14.3. The van der Waals surface area contributed by atoms with E-state index in [9.17, 15) is 4.79 Å². The summed E-state index contributed by atoms with van der Waals surface area (Å²) >= 11 is 0. The third kappa shape index (κ3) is 3.26. The molecule has 0 spiro atoms. The lowest BCUT2D eigenvalue weighted by Gasteiger charge is -2.09. The van der Waals surface area contributed by atoms with E-state index in [-0.39, 0.29) is 5.91 Å². The van der Waals surface area contributed by atoms with Gasteiger partial charge >= 0.3 is 0 Å². The van der Waals surface area contributed by atoms with E-state index in [1.165, 1.54) is 0 Å². The number of pyridine rings is 1. The highest BCUT2D eigenvalue weighted by molar-refractivity contribution is 5.96. The number of methoxy groups -OCH3 is 1. The van der Waals surface area contributed by atoms with E-state index >= 15 is 0 Å². The highest BCUT2D eigenvalue weighted by atomic mass is 16.5. The molecule has 0 radical (unpaired) electrons. The highest BCUT2D eigenvalue weighted by Crippen LogP contribution is 2.24. The average molecular weight is 272 g/mol. The molecule has 0 aliphatic heterocycles. The van der Waals surface area contributed by atoms with E-state index in [0.29, 0.717) is 18.0 Å². The number of benzene rings is 1. The summed E-state index contributed by atoms with van der Waals surface area (Å²) in [7, 11) is 1.60. The number of nitrogens with one attached hydrogen (secondary N) is 1. The summed E-state index contributed by atoms with van der Waals surface area (Å²) in [6.45, 7) is 2.82. The fourth-order valence-electron chi connectivity index (χ4n) is 2.10. The van der Waals surface area contributed by atoms with E-state index < -0.39 is 0 Å². The molecule has 1 heterocycles. The average Bonchev–Trinajstić information content (AvgIpc) is 2.50. The van der Waals surface area contributed by atoms with Gasteiger partial charge in [0.2, 0.25) is 0 Å². The molecule has 0 fully saturated rings. The van der Waals surface area contributed by atoms with Crippen LogP contribution in [0.1, 0.15) is 36.7 Å². The zero-order valence-electron chi connectivity index (χ0n) is 12.0. The molecule has 0 aliphatic rings. The number of hydrogen-bond donors (Lipinski definition) is 1. The van der Waals surface area contributed by atoms with Gasteiger partial charge in [0.25, 0.3) is 5.91 Å². The van der Waals surface area contributed by atoms with Crippen molar-refractivity contribution in [1.29, 1.82) is 0 Å². The fraction of sp³-hybridized carbons (Fsp3) is 0.375. The Morgan fingerprint density at radius 3 is 2.85 bits per heavy atom. The summed E-state index contributed by atoms with van der Waals surface area (Å²) in [4.78, 5) is 16.5. The number of carbonyl (C=O) groups is 1. The normalized spacial score (nSPS) is 10.5. The van der Waals surface area contributed by atoms with Crippen LogP contribution < -0.4 is 10.1 Å². The minimum Gasteiger partial charge on any atom is -0.496 e. The van der Waals surface area contributed by atoms with Gasteiger partial charge in [0, 0.05) is 18.0 Å². The molecule has 0 saturated carbocycles. The van der Waals surface area contributed by atoms with E-state index in [2.05, 4.69) is 17.2 Å². The van der Waals surface area contributed by atoms with Crippen molar-refractivity contribution < 1.29 is 9.53 Å². The zero-order chi connectivity index (χ0) is 14.4. The molecule has 106 valence electrons. The summed E-state index contributed by atoms with van der Waals surface area (Å²) in [6.07, 6.45) is 3.25. The minimum absolute atomic E-state index is 0.148. The van der Waals surface area contributed by atoms with Gasteiger partial charge in [0.15, 0.2) is 0 Å². The number of rotatable bonds is 6. The van der Waals surface area contributed by atoms with Crippen molar-refractivity contribution in [3.8, 4) is 5.75 Å². The van der Waals surface area contributed by atoms with Gasteiger partial charge in [-0.25, -0.2) is 4.98 Å². The monoisotopic (exact) mass is 272 g/mol. The van der Waals surface area contributed by atoms with Gasteiger partial charge in [0.1, 0.15) is 11.4 Å². The van der Waals surface area contributed by atoms with Gasteiger partial charge in [-0.2, -0.15) is 0 Å². The van der Waals surface area contributed by atoms with E-state index in [1.807, 2.05) is 24.3 Å². The largest absolute Gasteiger partial charge is 0.496 e. The maximum atomic E-state index is 12.1. The molecule has 0 bridgehead atoms. The summed E-state index contributed by atoms with van der Waals surface area (Å²) in [5.74, 6) is 0.527. The van der Waals surface area contributed by atoms with Crippen molar-refractivity contribution in [2.75, 3.05) is 13.7 Å². The van der Waals surface area contributed by atoms with E-state index in [4.69, 9.17) is 4.74 Å². The van der Waals surface area contributed by atoms with Crippen molar-refractivity contribution in [3.05, 3.63) is 36.0 Å². The Morgan fingerprint density at radius 2 is 2.10 bits per heavy atom. The number of aromatic nitrogens is 1. The summed E-state index contributed by atoms with van der Waals surface area (Å²) in [5, 5.41) is 3.81. The van der Waals surface area contributed by atoms with Crippen LogP contribution in [-0.2, 0) is 0 Å². The SMILES string of the molecule is CCCCCNC(=O)c1cc(OC)c2ccccc2n1. The molecule has 20 heavy (non-hydrogen) atoms. The molecule has 0 unspecified atom stereocenters. The Kier molecular flexibility index (Phi) is 4.93. The molecule has 2 rings (SSSR count). The van der Waals surface area contributed by atoms with Crippen LogP contribution >= 0.6 is 0 Å². The summed E-state index contributed by atoms with van der Waals surface area (Å²) in [5.41, 5.74) is 1.17. The lowest BCUT2D eigenvalue weighted by molar-refractivity contribution is 0.0948. The van der Waals surface area contributed by atoms with Crippen LogP contribution in [0.15, 0.2) is 30.3 Å². The van der Waals surface area contributed by atoms with Crippen molar-refractivity contribution in [1.82, 2.24) is 10.3 Å². The molecule has 0 saturated heterocycles. The van der Waals surface area contributed by atoms with Crippen molar-refractivity contribution in [2.24, 2.45) is 0 Å². The molecule has 2 aromatic rings. The Morgan fingerprint density at radius 1 is 1.30 bits per heavy atom. The molecule has 0 aliphatic carbocycles. The molecule has 1 aromatic heterocycles. The molecular weight excluding hydrogens is 252 g/mol. The third-order valence-electron chi connectivity index (χ3n) is 3.20. The number of fused-ring (bicyclic) bond motifs is 1. The lowest BCUT2D eigenvalue weighted by Crippen LogP contribution is -2.25. The Bertz CT molecular complexity index is 596. The number of ether oxygens (including phenoxy) is 1. The maximum absolute atomic E-state index is 12.1. The standard InChI is InChI=1S/C16H20N2O2/c1-3-4-7-10-17-16(19)14-11-15(20-2)12-8-5-6-9-13(12)18-14/h5-6,8-9,11H,3-4,7,10H2,1-2H3,(H,17,19). The van der Waals surface area contributed by atoms with E-state index in [1.54, 1.807) is 13.2 Å². The number of para-hydroxylation sites is 1. The molecular formula is C16H20N2O2. The Labute approximate surface area is 119 Å². The number of nitrogens with zero attached hydrogens (tertiary/aromatic N) is 1. The molecule has 1 amide bonds. The minimum atomic E-state index is -0.148. The first-order valence-electron chi connectivity index (χ1n) is 6.98. The number of carbonyl (C=O) groups excluding carboxylic acids is 1. The van der Waals surface area contributed by atoms with Crippen LogP contribution in [-0.4, -0.2) is 24.5 Å². The van der Waals surface area contributed by atoms with Crippen molar-refractivity contribution in [2.45, 2.75) is 26.2 Å². The van der Waals surface area contributed by atoms with Gasteiger partial charge in [-0.05, 0) is 18.6 Å². The molecule has 4 nitrogen and oxygen atoms in total. The molecule has 1 aromatic carbocycles. The Balaban J connectivity index is 2.19. The molecule has 4 heteroatoms. The number of unbranched alkanes of at least 4 members (excludes halogenated alkanes) is 2. The second-order valence-corrected chi connectivity index (χ2v) is 4.69. The summed E-state index contributed by atoms with van der Waals surface area (Å²) in [6, 6.07) is 9.34. The predicted molar refractivity (Wildman–Crippen MR) is 80.2 cm³/mol. The van der Waals surface area contributed by atoms with Crippen LogP contribution in [0.25, 0.3) is 10.9 Å². The second kappa shape index (κ2) is 6.89. The maximum Gasteiger partial charge on any atom is 0.270 e. The van der Waals surface area contributed by atoms with Crippen molar-refractivity contribution in [3.63, 3.8) is 0 Å². The molecule has 1 N–H and O–H groups in total. The van der Waals surface area contributed by atoms with Gasteiger partial charge < -0.3 is 10.1 Å². The second-order valence-electron chi connectivity index (χ2n) is 4.69. The molecule has 0 atom stereocenters. The summed E-state index contributed by atoms with van der Waals surface area (Å²) < 4.78 is 5.34. The smallest absolute Gasteiger partial charge is 0.270 e.